The van der Waals surface area contributed by atoms with Gasteiger partial charge in [-0.1, -0.05) is 0 Å². The van der Waals surface area contributed by atoms with E-state index in [2.05, 4.69) is 11.6 Å². The summed E-state index contributed by atoms with van der Waals surface area (Å²) in [6.45, 7) is 0. The summed E-state index contributed by atoms with van der Waals surface area (Å²) in [7, 11) is 0. The van der Waals surface area contributed by atoms with Crippen molar-refractivity contribution >= 4 is 23.4 Å². The van der Waals surface area contributed by atoms with Gasteiger partial charge in [0.1, 0.15) is 5.82 Å². The second-order valence-electron chi connectivity index (χ2n) is 4.58. The van der Waals surface area contributed by atoms with Gasteiger partial charge in [-0.2, -0.15) is 11.8 Å². The molecule has 1 aromatic rings. The smallest absolute Gasteiger partial charge is 0.251 e. The van der Waals surface area contributed by atoms with Gasteiger partial charge in [0.05, 0.1) is 5.69 Å². The summed E-state index contributed by atoms with van der Waals surface area (Å²) in [5.74, 6) is -0.767. The highest BCUT2D eigenvalue weighted by Crippen LogP contribution is 2.28. The third kappa shape index (κ3) is 2.96. The number of halogens is 1. The number of amides is 1. The lowest BCUT2D eigenvalue weighted by molar-refractivity contribution is 0.0937. The van der Waals surface area contributed by atoms with Gasteiger partial charge in [0.15, 0.2) is 0 Å². The largest absolute Gasteiger partial charge is 0.396 e. The minimum absolute atomic E-state index is 0.0647. The first-order valence-corrected chi connectivity index (χ1v) is 7.27. The molecule has 3 nitrogen and oxygen atoms in total. The van der Waals surface area contributed by atoms with Gasteiger partial charge >= 0.3 is 0 Å². The molecule has 5 heteroatoms. The Labute approximate surface area is 110 Å². The maximum Gasteiger partial charge on any atom is 0.251 e. The number of hydrogen-bond acceptors (Lipinski definition) is 3. The third-order valence-electron chi connectivity index (χ3n) is 3.32. The molecule has 1 aliphatic rings. The lowest BCUT2D eigenvalue weighted by Crippen LogP contribution is -2.33. The molecule has 98 valence electrons. The molecule has 0 aliphatic heterocycles. The zero-order valence-corrected chi connectivity index (χ0v) is 11.1. The van der Waals surface area contributed by atoms with E-state index in [-0.39, 0.29) is 17.6 Å². The van der Waals surface area contributed by atoms with Crippen molar-refractivity contribution in [2.24, 2.45) is 0 Å². The van der Waals surface area contributed by atoms with Crippen molar-refractivity contribution in [2.45, 2.75) is 30.6 Å². The Morgan fingerprint density at radius 3 is 2.89 bits per heavy atom. The molecule has 1 saturated carbocycles. The molecule has 0 radical (unpaired) electrons. The molecular weight excluding hydrogens is 251 g/mol. The predicted molar refractivity (Wildman–Crippen MR) is 73.2 cm³/mol. The van der Waals surface area contributed by atoms with Gasteiger partial charge in [-0.25, -0.2) is 4.39 Å². The monoisotopic (exact) mass is 268 g/mol. The van der Waals surface area contributed by atoms with Gasteiger partial charge in [-0.15, -0.1) is 0 Å². The number of rotatable bonds is 3. The quantitative estimate of drug-likeness (QED) is 0.828. The Morgan fingerprint density at radius 1 is 1.50 bits per heavy atom. The van der Waals surface area contributed by atoms with Crippen LogP contribution in [0.2, 0.25) is 0 Å². The predicted octanol–water partition coefficient (Wildman–Crippen LogP) is 2.42. The van der Waals surface area contributed by atoms with Crippen LogP contribution in [-0.2, 0) is 0 Å². The maximum absolute atomic E-state index is 13.3. The van der Waals surface area contributed by atoms with Crippen molar-refractivity contribution in [1.29, 1.82) is 0 Å². The molecule has 1 aromatic carbocycles. The molecule has 2 atom stereocenters. The molecule has 0 heterocycles. The van der Waals surface area contributed by atoms with E-state index in [1.165, 1.54) is 12.1 Å². The summed E-state index contributed by atoms with van der Waals surface area (Å²) in [5.41, 5.74) is 5.77. The molecule has 2 rings (SSSR count). The molecule has 3 N–H and O–H groups in total. The van der Waals surface area contributed by atoms with E-state index < -0.39 is 5.82 Å². The van der Waals surface area contributed by atoms with Crippen LogP contribution >= 0.6 is 11.8 Å². The zero-order valence-electron chi connectivity index (χ0n) is 10.3. The molecule has 0 spiro atoms. The molecule has 18 heavy (non-hydrogen) atoms. The summed E-state index contributed by atoms with van der Waals surface area (Å²) < 4.78 is 13.3. The van der Waals surface area contributed by atoms with E-state index in [0.29, 0.717) is 10.8 Å². The van der Waals surface area contributed by atoms with E-state index in [9.17, 15) is 9.18 Å². The number of nitrogens with one attached hydrogen (secondary N) is 1. The van der Waals surface area contributed by atoms with Crippen LogP contribution in [0, 0.1) is 5.82 Å². The van der Waals surface area contributed by atoms with Crippen LogP contribution in [0.1, 0.15) is 29.6 Å². The highest BCUT2D eigenvalue weighted by Gasteiger charge is 2.25. The van der Waals surface area contributed by atoms with E-state index in [4.69, 9.17) is 5.73 Å². The number of carbonyl (C=O) groups is 1. The number of thioether (sulfide) groups is 1. The molecule has 0 bridgehead atoms. The second-order valence-corrected chi connectivity index (χ2v) is 5.72. The molecular formula is C13H17FN2OS. The van der Waals surface area contributed by atoms with E-state index in [0.717, 1.165) is 19.3 Å². The normalized spacial score (nSPS) is 23.0. The Hall–Kier alpha value is -1.23. The number of anilines is 1. The van der Waals surface area contributed by atoms with Gasteiger partial charge in [0, 0.05) is 16.9 Å². The highest BCUT2D eigenvalue weighted by atomic mass is 32.2. The molecule has 1 aliphatic carbocycles. The van der Waals surface area contributed by atoms with Crippen LogP contribution in [0.25, 0.3) is 0 Å². The summed E-state index contributed by atoms with van der Waals surface area (Å²) in [6.07, 6.45) is 5.20. The fraction of sp³-hybridized carbons (Fsp3) is 0.462. The van der Waals surface area contributed by atoms with Gasteiger partial charge < -0.3 is 11.1 Å². The van der Waals surface area contributed by atoms with E-state index in [1.54, 1.807) is 6.07 Å². The van der Waals surface area contributed by atoms with Gasteiger partial charge in [-0.3, -0.25) is 4.79 Å². The minimum Gasteiger partial charge on any atom is -0.396 e. The van der Waals surface area contributed by atoms with E-state index >= 15 is 0 Å². The Morgan fingerprint density at radius 2 is 2.28 bits per heavy atom. The molecule has 0 aromatic heterocycles. The first-order chi connectivity index (χ1) is 8.60. The molecule has 1 amide bonds. The molecule has 0 saturated heterocycles. The standard InChI is InChI=1S/C13H17FN2OS/c1-18-10-4-3-9(7-10)16-13(17)8-2-5-12(15)11(14)6-8/h2,5-6,9-10H,3-4,7,15H2,1H3,(H,16,17). The van der Waals surface area contributed by atoms with Crippen molar-refractivity contribution in [3.8, 4) is 0 Å². The lowest BCUT2D eigenvalue weighted by atomic mass is 10.1. The number of nitrogen functional groups attached to an aromatic ring is 1. The first kappa shape index (κ1) is 13.2. The zero-order chi connectivity index (χ0) is 13.1. The minimum atomic E-state index is -0.545. The maximum atomic E-state index is 13.3. The topological polar surface area (TPSA) is 55.1 Å². The van der Waals surface area contributed by atoms with Crippen LogP contribution in [0.5, 0.6) is 0 Å². The van der Waals surface area contributed by atoms with Gasteiger partial charge in [0.2, 0.25) is 0 Å². The van der Waals surface area contributed by atoms with Crippen molar-refractivity contribution in [3.05, 3.63) is 29.6 Å². The molecule has 1 fully saturated rings. The van der Waals surface area contributed by atoms with Gasteiger partial charge in [0.25, 0.3) is 5.91 Å². The Bertz CT molecular complexity index is 453. The SMILES string of the molecule is CSC1CCC(NC(=O)c2ccc(N)c(F)c2)C1. The fourth-order valence-electron chi connectivity index (χ4n) is 2.22. The molecule has 2 unspecified atom stereocenters. The highest BCUT2D eigenvalue weighted by molar-refractivity contribution is 7.99. The second kappa shape index (κ2) is 5.61. The summed E-state index contributed by atoms with van der Waals surface area (Å²) in [4.78, 5) is 11.9. The van der Waals surface area contributed by atoms with Crippen LogP contribution in [0.4, 0.5) is 10.1 Å². The lowest BCUT2D eigenvalue weighted by Gasteiger charge is -2.13. The summed E-state index contributed by atoms with van der Waals surface area (Å²) in [6, 6.07) is 4.36. The fourth-order valence-corrected chi connectivity index (χ4v) is 3.02. The number of benzene rings is 1. The van der Waals surface area contributed by atoms with Gasteiger partial charge in [-0.05, 0) is 43.7 Å². The summed E-state index contributed by atoms with van der Waals surface area (Å²) in [5, 5.41) is 3.57. The number of carbonyl (C=O) groups excluding carboxylic acids is 1. The summed E-state index contributed by atoms with van der Waals surface area (Å²) >= 11 is 1.84. The number of hydrogen-bond donors (Lipinski definition) is 2. The van der Waals surface area contributed by atoms with Crippen LogP contribution in [-0.4, -0.2) is 23.5 Å². The average Bonchev–Trinajstić information content (AvgIpc) is 2.80. The van der Waals surface area contributed by atoms with E-state index in [1.807, 2.05) is 11.8 Å². The van der Waals surface area contributed by atoms with Crippen molar-refractivity contribution in [1.82, 2.24) is 5.32 Å². The van der Waals surface area contributed by atoms with Crippen molar-refractivity contribution in [3.63, 3.8) is 0 Å². The van der Waals surface area contributed by atoms with Crippen molar-refractivity contribution < 1.29 is 9.18 Å². The average molecular weight is 268 g/mol. The van der Waals surface area contributed by atoms with Crippen molar-refractivity contribution in [2.75, 3.05) is 12.0 Å². The first-order valence-electron chi connectivity index (χ1n) is 5.99. The Kier molecular flexibility index (Phi) is 4.11. The van der Waals surface area contributed by atoms with Crippen LogP contribution < -0.4 is 11.1 Å². The van der Waals surface area contributed by atoms with Crippen LogP contribution in [0.15, 0.2) is 18.2 Å². The van der Waals surface area contributed by atoms with Crippen LogP contribution in [0.3, 0.4) is 0 Å². The number of nitrogens with two attached hydrogens (primary N) is 1. The Balaban J connectivity index is 1.97. The third-order valence-corrected chi connectivity index (χ3v) is 4.41.